The van der Waals surface area contributed by atoms with E-state index >= 15 is 0 Å². The van der Waals surface area contributed by atoms with Crippen LogP contribution in [-0.2, 0) is 14.8 Å². The molecular weight excluding hydrogens is 472 g/mol. The molecule has 0 aromatic heterocycles. The van der Waals surface area contributed by atoms with Crippen LogP contribution in [0.5, 0.6) is 0 Å². The van der Waals surface area contributed by atoms with Gasteiger partial charge in [0.15, 0.2) is 0 Å². The van der Waals surface area contributed by atoms with Crippen molar-refractivity contribution in [3.8, 4) is 0 Å². The summed E-state index contributed by atoms with van der Waals surface area (Å²) in [5, 5.41) is 10.7. The summed E-state index contributed by atoms with van der Waals surface area (Å²) in [6.07, 6.45) is 0.997. The monoisotopic (exact) mass is 496 g/mol. The molecule has 0 fully saturated rings. The lowest BCUT2D eigenvalue weighted by atomic mass is 10.2. The molecular formula is C24H24N4O4S2. The third kappa shape index (κ3) is 5.96. The Morgan fingerprint density at radius 1 is 0.941 bits per heavy atom. The van der Waals surface area contributed by atoms with Crippen molar-refractivity contribution in [3.05, 3.63) is 78.4 Å². The van der Waals surface area contributed by atoms with E-state index in [0.29, 0.717) is 16.9 Å². The first-order valence-corrected chi connectivity index (χ1v) is 13.1. The van der Waals surface area contributed by atoms with E-state index in [1.165, 1.54) is 23.1 Å². The fraction of sp³-hybridized carbons (Fsp3) is 0.167. The number of amides is 2. The maximum atomic E-state index is 12.7. The lowest BCUT2D eigenvalue weighted by Gasteiger charge is -2.23. The standard InChI is InChI=1S/C24H24N4O4S2/c25-34(31,32)20-6-3-5-19(15-20)27-24(30)17-9-11-18(12-10-17)26-23(29)16-28-13-4-14-33-22-8-2-1-7-21(22)28/h1-3,5-12,15H,4,13-14,16H2,(H,26,29)(H,27,30)(H2,25,31,32). The SMILES string of the molecule is NS(=O)(=O)c1cccc(NC(=O)c2ccc(NC(=O)CN3CCCSc4ccccc43)cc2)c1. The molecule has 0 unspecified atom stereocenters. The minimum atomic E-state index is -3.87. The molecule has 0 saturated carbocycles. The summed E-state index contributed by atoms with van der Waals surface area (Å²) in [4.78, 5) is 28.4. The van der Waals surface area contributed by atoms with Crippen LogP contribution in [0.1, 0.15) is 16.8 Å². The third-order valence-corrected chi connectivity index (χ3v) is 7.28. The molecule has 4 rings (SSSR count). The van der Waals surface area contributed by atoms with Crippen molar-refractivity contribution in [1.29, 1.82) is 0 Å². The summed E-state index contributed by atoms with van der Waals surface area (Å²) >= 11 is 1.80. The van der Waals surface area contributed by atoms with Gasteiger partial charge in [-0.3, -0.25) is 9.59 Å². The second-order valence-electron chi connectivity index (χ2n) is 7.74. The zero-order chi connectivity index (χ0) is 24.1. The Labute approximate surface area is 202 Å². The van der Waals surface area contributed by atoms with Gasteiger partial charge in [-0.05, 0) is 66.8 Å². The van der Waals surface area contributed by atoms with Crippen LogP contribution in [0.25, 0.3) is 0 Å². The largest absolute Gasteiger partial charge is 0.361 e. The molecule has 0 bridgehead atoms. The third-order valence-electron chi connectivity index (χ3n) is 5.22. The van der Waals surface area contributed by atoms with Crippen LogP contribution in [-0.4, -0.2) is 39.1 Å². The lowest BCUT2D eigenvalue weighted by Crippen LogP contribution is -2.34. The lowest BCUT2D eigenvalue weighted by molar-refractivity contribution is -0.115. The van der Waals surface area contributed by atoms with E-state index in [9.17, 15) is 18.0 Å². The molecule has 1 heterocycles. The first kappa shape index (κ1) is 23.8. The van der Waals surface area contributed by atoms with Crippen LogP contribution >= 0.6 is 11.8 Å². The number of fused-ring (bicyclic) bond motifs is 1. The van der Waals surface area contributed by atoms with E-state index in [2.05, 4.69) is 21.6 Å². The number of rotatable bonds is 6. The van der Waals surface area contributed by atoms with Gasteiger partial charge in [-0.15, -0.1) is 11.8 Å². The number of nitrogens with two attached hydrogens (primary N) is 1. The molecule has 176 valence electrons. The molecule has 8 nitrogen and oxygen atoms in total. The maximum Gasteiger partial charge on any atom is 0.255 e. The van der Waals surface area contributed by atoms with Crippen molar-refractivity contribution in [1.82, 2.24) is 0 Å². The number of hydrogen-bond donors (Lipinski definition) is 3. The average Bonchev–Trinajstić information content (AvgIpc) is 3.01. The minimum Gasteiger partial charge on any atom is -0.361 e. The molecule has 4 N–H and O–H groups in total. The summed E-state index contributed by atoms with van der Waals surface area (Å²) in [5.41, 5.74) is 2.32. The van der Waals surface area contributed by atoms with E-state index < -0.39 is 15.9 Å². The molecule has 2 amide bonds. The van der Waals surface area contributed by atoms with Crippen LogP contribution in [0, 0.1) is 0 Å². The number of para-hydroxylation sites is 1. The van der Waals surface area contributed by atoms with Crippen LogP contribution < -0.4 is 20.7 Å². The minimum absolute atomic E-state index is 0.0889. The molecule has 0 aliphatic carbocycles. The average molecular weight is 497 g/mol. The van der Waals surface area contributed by atoms with Crippen molar-refractivity contribution in [2.75, 3.05) is 34.4 Å². The second-order valence-corrected chi connectivity index (χ2v) is 10.4. The van der Waals surface area contributed by atoms with Crippen LogP contribution in [0.2, 0.25) is 0 Å². The highest BCUT2D eigenvalue weighted by Gasteiger charge is 2.18. The van der Waals surface area contributed by atoms with Gasteiger partial charge in [0, 0.05) is 28.4 Å². The number of nitrogens with zero attached hydrogens (tertiary/aromatic N) is 1. The van der Waals surface area contributed by atoms with E-state index in [4.69, 9.17) is 5.14 Å². The van der Waals surface area contributed by atoms with Crippen LogP contribution in [0.3, 0.4) is 0 Å². The molecule has 3 aromatic carbocycles. The summed E-state index contributed by atoms with van der Waals surface area (Å²) in [5.74, 6) is 0.465. The number of carbonyl (C=O) groups excluding carboxylic acids is 2. The number of thioether (sulfide) groups is 1. The Hall–Kier alpha value is -3.34. The zero-order valence-corrected chi connectivity index (χ0v) is 19.9. The van der Waals surface area contributed by atoms with E-state index in [1.807, 2.05) is 18.2 Å². The van der Waals surface area contributed by atoms with Gasteiger partial charge in [0.2, 0.25) is 15.9 Å². The Balaban J connectivity index is 1.37. The van der Waals surface area contributed by atoms with Gasteiger partial charge in [-0.25, -0.2) is 13.6 Å². The highest BCUT2D eigenvalue weighted by Crippen LogP contribution is 2.33. The van der Waals surface area contributed by atoms with Gasteiger partial charge in [-0.2, -0.15) is 0 Å². The first-order valence-electron chi connectivity index (χ1n) is 10.6. The molecule has 0 saturated heterocycles. The number of carbonyl (C=O) groups is 2. The number of anilines is 3. The van der Waals surface area contributed by atoms with Crippen molar-refractivity contribution in [2.45, 2.75) is 16.2 Å². The molecule has 0 spiro atoms. The predicted octanol–water partition coefficient (Wildman–Crippen LogP) is 3.53. The number of primary sulfonamides is 1. The topological polar surface area (TPSA) is 122 Å². The van der Waals surface area contributed by atoms with Crippen LogP contribution in [0.15, 0.2) is 82.6 Å². The molecule has 0 radical (unpaired) electrons. The summed E-state index contributed by atoms with van der Waals surface area (Å²) in [7, 11) is -3.87. The predicted molar refractivity (Wildman–Crippen MR) is 135 cm³/mol. The second kappa shape index (κ2) is 10.3. The molecule has 34 heavy (non-hydrogen) atoms. The number of hydrogen-bond acceptors (Lipinski definition) is 6. The van der Waals surface area contributed by atoms with Gasteiger partial charge >= 0.3 is 0 Å². The Morgan fingerprint density at radius 3 is 2.47 bits per heavy atom. The molecule has 10 heteroatoms. The summed E-state index contributed by atoms with van der Waals surface area (Å²) < 4.78 is 23.0. The van der Waals surface area contributed by atoms with Crippen LogP contribution in [0.4, 0.5) is 17.1 Å². The molecule has 1 aliphatic heterocycles. The fourth-order valence-corrected chi connectivity index (χ4v) is 5.17. The van der Waals surface area contributed by atoms with Crippen molar-refractivity contribution in [2.24, 2.45) is 5.14 Å². The fourth-order valence-electron chi connectivity index (χ4n) is 3.60. The number of benzene rings is 3. The maximum absolute atomic E-state index is 12.7. The number of sulfonamides is 1. The zero-order valence-electron chi connectivity index (χ0n) is 18.2. The van der Waals surface area contributed by atoms with Gasteiger partial charge < -0.3 is 15.5 Å². The quantitative estimate of drug-likeness (QED) is 0.480. The molecule has 0 atom stereocenters. The normalized spacial score (nSPS) is 13.5. The van der Waals surface area contributed by atoms with Gasteiger partial charge in [-0.1, -0.05) is 18.2 Å². The van der Waals surface area contributed by atoms with Crippen molar-refractivity contribution >= 4 is 50.7 Å². The van der Waals surface area contributed by atoms with Gasteiger partial charge in [0.1, 0.15) is 0 Å². The van der Waals surface area contributed by atoms with Gasteiger partial charge in [0.25, 0.3) is 5.91 Å². The van der Waals surface area contributed by atoms with E-state index in [0.717, 1.165) is 24.4 Å². The first-order chi connectivity index (χ1) is 16.3. The smallest absolute Gasteiger partial charge is 0.255 e. The number of nitrogens with one attached hydrogen (secondary N) is 2. The Bertz CT molecular complexity index is 1310. The van der Waals surface area contributed by atoms with Crippen molar-refractivity contribution < 1.29 is 18.0 Å². The van der Waals surface area contributed by atoms with Gasteiger partial charge in [0.05, 0.1) is 17.1 Å². The van der Waals surface area contributed by atoms with Crippen molar-refractivity contribution in [3.63, 3.8) is 0 Å². The highest BCUT2D eigenvalue weighted by molar-refractivity contribution is 7.99. The summed E-state index contributed by atoms with van der Waals surface area (Å²) in [6.45, 7) is 1.05. The Kier molecular flexibility index (Phi) is 7.20. The van der Waals surface area contributed by atoms with E-state index in [-0.39, 0.29) is 17.3 Å². The Morgan fingerprint density at radius 2 is 1.71 bits per heavy atom. The van der Waals surface area contributed by atoms with E-state index in [1.54, 1.807) is 42.1 Å². The molecule has 3 aromatic rings. The summed E-state index contributed by atoms with van der Waals surface area (Å²) in [6, 6.07) is 20.3. The molecule has 1 aliphatic rings. The highest BCUT2D eigenvalue weighted by atomic mass is 32.2.